The third-order valence-corrected chi connectivity index (χ3v) is 4.02. The van der Waals surface area contributed by atoms with Crippen LogP contribution in [0.15, 0.2) is 47.4 Å². The zero-order valence-electron chi connectivity index (χ0n) is 11.4. The average Bonchev–Trinajstić information content (AvgIpc) is 2.48. The maximum Gasteiger partial charge on any atom is 0.234 e. The van der Waals surface area contributed by atoms with Crippen molar-refractivity contribution in [2.45, 2.75) is 4.90 Å². The lowest BCUT2D eigenvalue weighted by Gasteiger charge is -2.08. The van der Waals surface area contributed by atoms with Crippen molar-refractivity contribution in [2.24, 2.45) is 0 Å². The molecule has 0 bridgehead atoms. The maximum atomic E-state index is 11.9. The highest BCUT2D eigenvalue weighted by Gasteiger charge is 2.07. The fraction of sp³-hybridized carbons (Fsp3) is 0.133. The molecule has 0 heterocycles. The number of ether oxygens (including phenoxy) is 1. The van der Waals surface area contributed by atoms with E-state index in [0.717, 1.165) is 10.6 Å². The van der Waals surface area contributed by atoms with E-state index in [-0.39, 0.29) is 5.91 Å². The molecule has 6 heteroatoms. The number of amides is 1. The Morgan fingerprint density at radius 3 is 2.62 bits per heavy atom. The van der Waals surface area contributed by atoms with E-state index in [1.54, 1.807) is 25.3 Å². The summed E-state index contributed by atoms with van der Waals surface area (Å²) in [5.74, 6) is 0.965. The summed E-state index contributed by atoms with van der Waals surface area (Å²) in [6, 6.07) is 12.5. The molecule has 0 saturated carbocycles. The summed E-state index contributed by atoms with van der Waals surface area (Å²) < 4.78 is 5.08. The molecule has 0 fully saturated rings. The van der Waals surface area contributed by atoms with Crippen molar-refractivity contribution in [3.63, 3.8) is 0 Å². The first-order valence-electron chi connectivity index (χ1n) is 6.20. The summed E-state index contributed by atoms with van der Waals surface area (Å²) in [4.78, 5) is 12.9. The maximum absolute atomic E-state index is 11.9. The standard InChI is InChI=1S/C15H15ClN2O2S/c1-20-11-3-5-12(6-4-11)21-9-15(19)18-14-7-2-10(17)8-13(14)16/h2-8H,9,17H2,1H3,(H,18,19). The van der Waals surface area contributed by atoms with Crippen LogP contribution in [0, 0.1) is 0 Å². The zero-order chi connectivity index (χ0) is 15.2. The average molecular weight is 323 g/mol. The fourth-order valence-electron chi connectivity index (χ4n) is 1.64. The van der Waals surface area contributed by atoms with Crippen molar-refractivity contribution in [1.29, 1.82) is 0 Å². The Morgan fingerprint density at radius 1 is 1.29 bits per heavy atom. The number of halogens is 1. The van der Waals surface area contributed by atoms with Gasteiger partial charge in [0.25, 0.3) is 0 Å². The van der Waals surface area contributed by atoms with Gasteiger partial charge in [0.1, 0.15) is 5.75 Å². The van der Waals surface area contributed by atoms with Crippen molar-refractivity contribution in [3.05, 3.63) is 47.5 Å². The number of thioether (sulfide) groups is 1. The van der Waals surface area contributed by atoms with Crippen LogP contribution in [-0.2, 0) is 4.79 Å². The number of rotatable bonds is 5. The van der Waals surface area contributed by atoms with Gasteiger partial charge in [-0.05, 0) is 42.5 Å². The normalized spacial score (nSPS) is 10.2. The Hall–Kier alpha value is -1.85. The van der Waals surface area contributed by atoms with Crippen molar-refractivity contribution < 1.29 is 9.53 Å². The number of methoxy groups -OCH3 is 1. The molecule has 2 aromatic carbocycles. The van der Waals surface area contributed by atoms with Gasteiger partial charge in [-0.25, -0.2) is 0 Å². The number of benzene rings is 2. The molecule has 21 heavy (non-hydrogen) atoms. The van der Waals surface area contributed by atoms with E-state index in [9.17, 15) is 4.79 Å². The second-order valence-corrected chi connectivity index (χ2v) is 5.71. The molecule has 0 spiro atoms. The van der Waals surface area contributed by atoms with Gasteiger partial charge < -0.3 is 15.8 Å². The van der Waals surface area contributed by atoms with Gasteiger partial charge in [0.15, 0.2) is 0 Å². The Balaban J connectivity index is 1.89. The van der Waals surface area contributed by atoms with Gasteiger partial charge in [0.2, 0.25) is 5.91 Å². The Kier molecular flexibility index (Phi) is 5.36. The Bertz CT molecular complexity index is 632. The van der Waals surface area contributed by atoms with Gasteiger partial charge >= 0.3 is 0 Å². The molecule has 0 saturated heterocycles. The quantitative estimate of drug-likeness (QED) is 0.651. The van der Waals surface area contributed by atoms with Gasteiger partial charge in [-0.2, -0.15) is 0 Å². The van der Waals surface area contributed by atoms with Crippen LogP contribution < -0.4 is 15.8 Å². The van der Waals surface area contributed by atoms with Crippen LogP contribution in [-0.4, -0.2) is 18.8 Å². The molecule has 0 aliphatic rings. The summed E-state index contributed by atoms with van der Waals surface area (Å²) in [6.07, 6.45) is 0. The number of hydrogen-bond acceptors (Lipinski definition) is 4. The number of hydrogen-bond donors (Lipinski definition) is 2. The van der Waals surface area contributed by atoms with E-state index in [0.29, 0.717) is 22.2 Å². The number of carbonyl (C=O) groups excluding carboxylic acids is 1. The molecule has 0 unspecified atom stereocenters. The minimum Gasteiger partial charge on any atom is -0.497 e. The lowest BCUT2D eigenvalue weighted by Crippen LogP contribution is -2.14. The third kappa shape index (κ3) is 4.58. The topological polar surface area (TPSA) is 64.3 Å². The summed E-state index contributed by atoms with van der Waals surface area (Å²) >= 11 is 7.45. The Labute approximate surface area is 132 Å². The second kappa shape index (κ2) is 7.24. The van der Waals surface area contributed by atoms with E-state index in [1.807, 2.05) is 24.3 Å². The van der Waals surface area contributed by atoms with Crippen molar-refractivity contribution >= 4 is 40.6 Å². The van der Waals surface area contributed by atoms with Crippen LogP contribution in [0.25, 0.3) is 0 Å². The van der Waals surface area contributed by atoms with Gasteiger partial charge in [-0.15, -0.1) is 11.8 Å². The number of nitrogen functional groups attached to an aromatic ring is 1. The lowest BCUT2D eigenvalue weighted by atomic mass is 10.3. The molecule has 2 aromatic rings. The zero-order valence-corrected chi connectivity index (χ0v) is 13.0. The molecule has 0 aliphatic heterocycles. The van der Waals surface area contributed by atoms with Gasteiger partial charge in [-0.3, -0.25) is 4.79 Å². The summed E-state index contributed by atoms with van der Waals surface area (Å²) in [5.41, 5.74) is 6.73. The fourth-order valence-corrected chi connectivity index (χ4v) is 2.57. The van der Waals surface area contributed by atoms with Crippen LogP contribution in [0.2, 0.25) is 5.02 Å². The first-order chi connectivity index (χ1) is 10.1. The number of nitrogens with one attached hydrogen (secondary N) is 1. The summed E-state index contributed by atoms with van der Waals surface area (Å²) in [6.45, 7) is 0. The highest BCUT2D eigenvalue weighted by Crippen LogP contribution is 2.25. The van der Waals surface area contributed by atoms with Gasteiger partial charge in [-0.1, -0.05) is 11.6 Å². The van der Waals surface area contributed by atoms with Crippen molar-refractivity contribution in [2.75, 3.05) is 23.9 Å². The van der Waals surface area contributed by atoms with Crippen LogP contribution in [0.1, 0.15) is 0 Å². The molecular weight excluding hydrogens is 308 g/mol. The predicted molar refractivity (Wildman–Crippen MR) is 88.2 cm³/mol. The van der Waals surface area contributed by atoms with E-state index in [1.165, 1.54) is 11.8 Å². The number of anilines is 2. The second-order valence-electron chi connectivity index (χ2n) is 4.25. The van der Waals surface area contributed by atoms with E-state index in [4.69, 9.17) is 22.1 Å². The first kappa shape index (κ1) is 15.5. The first-order valence-corrected chi connectivity index (χ1v) is 7.56. The lowest BCUT2D eigenvalue weighted by molar-refractivity contribution is -0.113. The van der Waals surface area contributed by atoms with Crippen molar-refractivity contribution in [1.82, 2.24) is 0 Å². The highest BCUT2D eigenvalue weighted by atomic mass is 35.5. The van der Waals surface area contributed by atoms with Crippen molar-refractivity contribution in [3.8, 4) is 5.75 Å². The largest absolute Gasteiger partial charge is 0.497 e. The molecule has 4 nitrogen and oxygen atoms in total. The summed E-state index contributed by atoms with van der Waals surface area (Å²) in [5, 5.41) is 3.19. The smallest absolute Gasteiger partial charge is 0.234 e. The van der Waals surface area contributed by atoms with Crippen LogP contribution in [0.3, 0.4) is 0 Å². The summed E-state index contributed by atoms with van der Waals surface area (Å²) in [7, 11) is 1.62. The number of carbonyl (C=O) groups is 1. The molecule has 110 valence electrons. The molecule has 0 aliphatic carbocycles. The third-order valence-electron chi connectivity index (χ3n) is 2.70. The van der Waals surface area contributed by atoms with Crippen LogP contribution in [0.5, 0.6) is 5.75 Å². The molecule has 2 rings (SSSR count). The number of nitrogens with two attached hydrogens (primary N) is 1. The molecule has 0 aromatic heterocycles. The van der Waals surface area contributed by atoms with Gasteiger partial charge in [0, 0.05) is 10.6 Å². The predicted octanol–water partition coefficient (Wildman–Crippen LogP) is 3.66. The molecule has 1 amide bonds. The minimum atomic E-state index is -0.123. The van der Waals surface area contributed by atoms with E-state index < -0.39 is 0 Å². The molecular formula is C15H15ClN2O2S. The molecule has 3 N–H and O–H groups in total. The van der Waals surface area contributed by atoms with E-state index in [2.05, 4.69) is 5.32 Å². The van der Waals surface area contributed by atoms with E-state index >= 15 is 0 Å². The molecule has 0 atom stereocenters. The SMILES string of the molecule is COc1ccc(SCC(=O)Nc2ccc(N)cc2Cl)cc1. The minimum absolute atomic E-state index is 0.123. The highest BCUT2D eigenvalue weighted by molar-refractivity contribution is 8.00. The van der Waals surface area contributed by atoms with Crippen LogP contribution >= 0.6 is 23.4 Å². The Morgan fingerprint density at radius 2 is 2.00 bits per heavy atom. The molecule has 0 radical (unpaired) electrons. The monoisotopic (exact) mass is 322 g/mol. The van der Waals surface area contributed by atoms with Gasteiger partial charge in [0.05, 0.1) is 23.6 Å². The van der Waals surface area contributed by atoms with Crippen LogP contribution in [0.4, 0.5) is 11.4 Å².